The number of carbonyl (C=O) groups excluding carboxylic acids is 2. The molecule has 0 saturated carbocycles. The van der Waals surface area contributed by atoms with Gasteiger partial charge in [0.15, 0.2) is 0 Å². The minimum absolute atomic E-state index is 0.0496. The van der Waals surface area contributed by atoms with Gasteiger partial charge in [-0.15, -0.1) is 0 Å². The molecule has 2 atom stereocenters. The van der Waals surface area contributed by atoms with E-state index in [-0.39, 0.29) is 18.4 Å². The molecule has 5 nitrogen and oxygen atoms in total. The second-order valence-electron chi connectivity index (χ2n) is 5.59. The number of benzene rings is 1. The molecule has 1 aromatic carbocycles. The minimum Gasteiger partial charge on any atom is -0.379 e. The maximum atomic E-state index is 12.4. The van der Waals surface area contributed by atoms with Crippen molar-refractivity contribution in [3.05, 3.63) is 35.9 Å². The van der Waals surface area contributed by atoms with Gasteiger partial charge < -0.3 is 15.0 Å². The van der Waals surface area contributed by atoms with E-state index in [1.165, 1.54) is 0 Å². The van der Waals surface area contributed by atoms with E-state index >= 15 is 0 Å². The van der Waals surface area contributed by atoms with Crippen molar-refractivity contribution < 1.29 is 14.3 Å². The van der Waals surface area contributed by atoms with Gasteiger partial charge in [-0.3, -0.25) is 9.59 Å². The normalized spacial score (nSPS) is 30.4. The van der Waals surface area contributed by atoms with E-state index in [0.29, 0.717) is 13.2 Å². The van der Waals surface area contributed by atoms with Crippen LogP contribution in [-0.4, -0.2) is 42.0 Å². The summed E-state index contributed by atoms with van der Waals surface area (Å²) < 4.78 is 5.46. The van der Waals surface area contributed by atoms with Crippen molar-refractivity contribution in [2.45, 2.75) is 24.9 Å². The highest BCUT2D eigenvalue weighted by molar-refractivity contribution is 5.96. The number of nitrogens with zero attached hydrogens (tertiary/aromatic N) is 1. The molecular weight excluding hydrogens is 256 g/mol. The molecule has 2 unspecified atom stereocenters. The van der Waals surface area contributed by atoms with E-state index in [2.05, 4.69) is 5.32 Å². The molecule has 2 fully saturated rings. The smallest absolute Gasteiger partial charge is 0.247 e. The summed E-state index contributed by atoms with van der Waals surface area (Å²) in [5.41, 5.74) is 0.432. The number of hydrogen-bond acceptors (Lipinski definition) is 3. The Kier molecular flexibility index (Phi) is 3.22. The lowest BCUT2D eigenvalue weighted by atomic mass is 9.91. The Morgan fingerprint density at radius 1 is 1.30 bits per heavy atom. The lowest BCUT2D eigenvalue weighted by Gasteiger charge is -2.44. The van der Waals surface area contributed by atoms with Crippen LogP contribution in [0.25, 0.3) is 0 Å². The molecule has 5 heteroatoms. The van der Waals surface area contributed by atoms with Gasteiger partial charge in [-0.2, -0.15) is 0 Å². The average Bonchev–Trinajstić information content (AvgIpc) is 2.89. The van der Waals surface area contributed by atoms with Gasteiger partial charge in [-0.05, 0) is 18.9 Å². The standard InChI is InChI=1S/C15H18N2O3/c1-15(7-8-20-10-15)17-12(18)9-16-14(19)13(17)11-5-3-2-4-6-11/h2-6,13H,7-10H2,1H3,(H,16,19). The van der Waals surface area contributed by atoms with Gasteiger partial charge in [0.1, 0.15) is 6.04 Å². The second-order valence-corrected chi connectivity index (χ2v) is 5.59. The van der Waals surface area contributed by atoms with Crippen LogP contribution < -0.4 is 5.32 Å². The molecule has 2 amide bonds. The van der Waals surface area contributed by atoms with Gasteiger partial charge in [0.05, 0.1) is 18.7 Å². The van der Waals surface area contributed by atoms with Crippen LogP contribution in [0.4, 0.5) is 0 Å². The number of rotatable bonds is 2. The zero-order chi connectivity index (χ0) is 14.2. The first-order valence-electron chi connectivity index (χ1n) is 6.84. The van der Waals surface area contributed by atoms with Crippen LogP contribution in [0.5, 0.6) is 0 Å². The van der Waals surface area contributed by atoms with Crippen molar-refractivity contribution in [1.29, 1.82) is 0 Å². The third-order valence-electron chi connectivity index (χ3n) is 4.08. The quantitative estimate of drug-likeness (QED) is 0.870. The molecule has 20 heavy (non-hydrogen) atoms. The third-order valence-corrected chi connectivity index (χ3v) is 4.08. The number of hydrogen-bond donors (Lipinski definition) is 1. The summed E-state index contributed by atoms with van der Waals surface area (Å²) in [6.07, 6.45) is 0.759. The topological polar surface area (TPSA) is 58.6 Å². The van der Waals surface area contributed by atoms with Crippen molar-refractivity contribution in [2.24, 2.45) is 0 Å². The summed E-state index contributed by atoms with van der Waals surface area (Å²) in [5.74, 6) is -0.171. The Hall–Kier alpha value is -1.88. The highest BCUT2D eigenvalue weighted by Crippen LogP contribution is 2.35. The number of ether oxygens (including phenoxy) is 1. The van der Waals surface area contributed by atoms with E-state index in [1.54, 1.807) is 4.90 Å². The predicted molar refractivity (Wildman–Crippen MR) is 72.9 cm³/mol. The van der Waals surface area contributed by atoms with Crippen LogP contribution in [0.2, 0.25) is 0 Å². The first-order chi connectivity index (χ1) is 9.62. The van der Waals surface area contributed by atoms with Gasteiger partial charge in [0, 0.05) is 6.61 Å². The molecule has 0 bridgehead atoms. The maximum absolute atomic E-state index is 12.4. The summed E-state index contributed by atoms with van der Waals surface area (Å²) in [6.45, 7) is 3.17. The van der Waals surface area contributed by atoms with Gasteiger partial charge in [0.2, 0.25) is 11.8 Å². The number of carbonyl (C=O) groups is 2. The Bertz CT molecular complexity index is 523. The molecule has 1 aromatic rings. The van der Waals surface area contributed by atoms with E-state index < -0.39 is 11.6 Å². The lowest BCUT2D eigenvalue weighted by Crippen LogP contribution is -2.61. The van der Waals surface area contributed by atoms with Gasteiger partial charge in [-0.1, -0.05) is 30.3 Å². The summed E-state index contributed by atoms with van der Waals surface area (Å²) >= 11 is 0. The molecule has 2 saturated heterocycles. The van der Waals surface area contributed by atoms with Crippen molar-refractivity contribution in [1.82, 2.24) is 10.2 Å². The largest absolute Gasteiger partial charge is 0.379 e. The summed E-state index contributed by atoms with van der Waals surface area (Å²) in [7, 11) is 0. The molecule has 0 aromatic heterocycles. The van der Waals surface area contributed by atoms with Crippen molar-refractivity contribution in [2.75, 3.05) is 19.8 Å². The predicted octanol–water partition coefficient (Wildman–Crippen LogP) is 0.865. The van der Waals surface area contributed by atoms with E-state index in [0.717, 1.165) is 12.0 Å². The molecule has 1 N–H and O–H groups in total. The molecular formula is C15H18N2O3. The Morgan fingerprint density at radius 3 is 2.70 bits per heavy atom. The SMILES string of the molecule is CC1(N2C(=O)CNC(=O)C2c2ccccc2)CCOC1. The molecule has 2 heterocycles. The van der Waals surface area contributed by atoms with E-state index in [4.69, 9.17) is 4.74 Å². The molecule has 0 spiro atoms. The molecule has 3 rings (SSSR count). The zero-order valence-electron chi connectivity index (χ0n) is 11.5. The van der Waals surface area contributed by atoms with Crippen molar-refractivity contribution in [3.8, 4) is 0 Å². The van der Waals surface area contributed by atoms with Crippen LogP contribution in [-0.2, 0) is 14.3 Å². The van der Waals surface area contributed by atoms with Crippen LogP contribution in [0, 0.1) is 0 Å². The number of piperazine rings is 1. The average molecular weight is 274 g/mol. The minimum atomic E-state index is -0.566. The lowest BCUT2D eigenvalue weighted by molar-refractivity contribution is -0.153. The van der Waals surface area contributed by atoms with Crippen molar-refractivity contribution >= 4 is 11.8 Å². The van der Waals surface area contributed by atoms with Crippen LogP contribution in [0.1, 0.15) is 24.9 Å². The molecule has 106 valence electrons. The fourth-order valence-corrected chi connectivity index (χ4v) is 3.00. The van der Waals surface area contributed by atoms with Gasteiger partial charge in [-0.25, -0.2) is 0 Å². The van der Waals surface area contributed by atoms with E-state index in [1.807, 2.05) is 37.3 Å². The van der Waals surface area contributed by atoms with Crippen LogP contribution >= 0.6 is 0 Å². The molecule has 0 radical (unpaired) electrons. The van der Waals surface area contributed by atoms with Gasteiger partial charge >= 0.3 is 0 Å². The molecule has 2 aliphatic heterocycles. The van der Waals surface area contributed by atoms with Crippen molar-refractivity contribution in [3.63, 3.8) is 0 Å². The van der Waals surface area contributed by atoms with Crippen LogP contribution in [0.3, 0.4) is 0 Å². The highest BCUT2D eigenvalue weighted by atomic mass is 16.5. The number of amides is 2. The second kappa shape index (κ2) is 4.90. The fourth-order valence-electron chi connectivity index (χ4n) is 3.00. The summed E-state index contributed by atoms with van der Waals surface area (Å²) in [4.78, 5) is 26.4. The number of nitrogens with one attached hydrogen (secondary N) is 1. The Morgan fingerprint density at radius 2 is 2.05 bits per heavy atom. The maximum Gasteiger partial charge on any atom is 0.247 e. The summed E-state index contributed by atoms with van der Waals surface area (Å²) in [6, 6.07) is 8.87. The monoisotopic (exact) mass is 274 g/mol. The third kappa shape index (κ3) is 2.08. The Labute approximate surface area is 117 Å². The molecule has 2 aliphatic rings. The molecule has 0 aliphatic carbocycles. The highest BCUT2D eigenvalue weighted by Gasteiger charge is 2.47. The zero-order valence-corrected chi connectivity index (χ0v) is 11.5. The van der Waals surface area contributed by atoms with Gasteiger partial charge in [0.25, 0.3) is 0 Å². The van der Waals surface area contributed by atoms with Crippen LogP contribution in [0.15, 0.2) is 30.3 Å². The summed E-state index contributed by atoms with van der Waals surface area (Å²) in [5, 5.41) is 2.68. The first kappa shape index (κ1) is 13.1. The van der Waals surface area contributed by atoms with E-state index in [9.17, 15) is 9.59 Å². The fraction of sp³-hybridized carbons (Fsp3) is 0.467. The first-order valence-corrected chi connectivity index (χ1v) is 6.84. The Balaban J connectivity index is 2.02.